The van der Waals surface area contributed by atoms with Gasteiger partial charge in [0.25, 0.3) is 0 Å². The molecule has 0 saturated carbocycles. The van der Waals surface area contributed by atoms with Crippen LogP contribution in [0, 0.1) is 5.82 Å². The predicted octanol–water partition coefficient (Wildman–Crippen LogP) is 1.40. The summed E-state index contributed by atoms with van der Waals surface area (Å²) in [7, 11) is 1.60. The summed E-state index contributed by atoms with van der Waals surface area (Å²) in [5.74, 6) is -0.852. The van der Waals surface area contributed by atoms with Gasteiger partial charge in [-0.3, -0.25) is 0 Å². The Balaban J connectivity index is 2.90. The lowest BCUT2D eigenvalue weighted by Crippen LogP contribution is -2.31. The molecular formula is C11H15FN4O2. The molecule has 0 fully saturated rings. The van der Waals surface area contributed by atoms with E-state index in [9.17, 15) is 9.18 Å². The van der Waals surface area contributed by atoms with E-state index in [2.05, 4.69) is 10.5 Å². The summed E-state index contributed by atoms with van der Waals surface area (Å²) in [6.07, 6.45) is 0. The minimum absolute atomic E-state index is 0.0368. The van der Waals surface area contributed by atoms with Gasteiger partial charge in [0.1, 0.15) is 5.82 Å². The van der Waals surface area contributed by atoms with E-state index in [1.54, 1.807) is 14.0 Å². The van der Waals surface area contributed by atoms with Gasteiger partial charge in [-0.1, -0.05) is 5.16 Å². The van der Waals surface area contributed by atoms with Crippen molar-refractivity contribution in [2.45, 2.75) is 6.92 Å². The lowest BCUT2D eigenvalue weighted by Gasteiger charge is -2.16. The molecular weight excluding hydrogens is 239 g/mol. The molecule has 0 saturated heterocycles. The van der Waals surface area contributed by atoms with E-state index in [0.717, 1.165) is 6.07 Å². The Morgan fingerprint density at radius 3 is 2.78 bits per heavy atom. The number of hydrogen-bond donors (Lipinski definition) is 3. The van der Waals surface area contributed by atoms with Crippen molar-refractivity contribution in [3.63, 3.8) is 0 Å². The van der Waals surface area contributed by atoms with Crippen LogP contribution in [0.3, 0.4) is 0 Å². The molecule has 2 amide bonds. The van der Waals surface area contributed by atoms with Gasteiger partial charge in [-0.2, -0.15) is 0 Å². The summed E-state index contributed by atoms with van der Waals surface area (Å²) >= 11 is 0. The zero-order valence-electron chi connectivity index (χ0n) is 10.1. The first kappa shape index (κ1) is 13.8. The molecule has 7 heteroatoms. The number of benzene rings is 1. The lowest BCUT2D eigenvalue weighted by molar-refractivity contribution is 0.224. The number of urea groups is 1. The second-order valence-corrected chi connectivity index (χ2v) is 3.62. The number of carbonyl (C=O) groups is 1. The van der Waals surface area contributed by atoms with Crippen LogP contribution in [0.5, 0.6) is 0 Å². The maximum absolute atomic E-state index is 13.6. The average molecular weight is 254 g/mol. The summed E-state index contributed by atoms with van der Waals surface area (Å²) in [6, 6.07) is 3.47. The Morgan fingerprint density at radius 2 is 2.28 bits per heavy atom. The highest BCUT2D eigenvalue weighted by atomic mass is 19.1. The fourth-order valence-electron chi connectivity index (χ4n) is 1.19. The van der Waals surface area contributed by atoms with Gasteiger partial charge in [0, 0.05) is 19.2 Å². The van der Waals surface area contributed by atoms with Gasteiger partial charge >= 0.3 is 6.03 Å². The molecule has 6 nitrogen and oxygen atoms in total. The van der Waals surface area contributed by atoms with Crippen molar-refractivity contribution in [3.05, 3.63) is 29.6 Å². The number of oxime groups is 1. The van der Waals surface area contributed by atoms with Crippen molar-refractivity contribution in [3.8, 4) is 0 Å². The second kappa shape index (κ2) is 5.85. The summed E-state index contributed by atoms with van der Waals surface area (Å²) in [5.41, 5.74) is 5.59. The third-order valence-electron chi connectivity index (χ3n) is 2.44. The molecule has 18 heavy (non-hydrogen) atoms. The molecule has 4 N–H and O–H groups in total. The SMILES string of the molecule is CCN(C)C(=O)Nc1ccc(/C(N)=N/O)cc1F. The van der Waals surface area contributed by atoms with Gasteiger partial charge in [0.05, 0.1) is 5.69 Å². The number of amides is 2. The molecule has 1 aromatic carbocycles. The Morgan fingerprint density at radius 1 is 1.61 bits per heavy atom. The lowest BCUT2D eigenvalue weighted by atomic mass is 10.2. The van der Waals surface area contributed by atoms with E-state index >= 15 is 0 Å². The first-order valence-corrected chi connectivity index (χ1v) is 5.29. The van der Waals surface area contributed by atoms with Crippen LogP contribution in [0.25, 0.3) is 0 Å². The molecule has 0 aliphatic rings. The van der Waals surface area contributed by atoms with Crippen LogP contribution < -0.4 is 11.1 Å². The van der Waals surface area contributed by atoms with E-state index < -0.39 is 11.8 Å². The van der Waals surface area contributed by atoms with Gasteiger partial charge in [0.2, 0.25) is 0 Å². The zero-order valence-corrected chi connectivity index (χ0v) is 10.1. The van der Waals surface area contributed by atoms with Gasteiger partial charge in [-0.25, -0.2) is 9.18 Å². The fraction of sp³-hybridized carbons (Fsp3) is 0.273. The first-order valence-electron chi connectivity index (χ1n) is 5.29. The molecule has 0 bridgehead atoms. The van der Waals surface area contributed by atoms with Gasteiger partial charge in [-0.05, 0) is 25.1 Å². The Bertz CT molecular complexity index is 476. The van der Waals surface area contributed by atoms with Crippen molar-refractivity contribution in [1.82, 2.24) is 4.90 Å². The molecule has 0 heterocycles. The van der Waals surface area contributed by atoms with Crippen molar-refractivity contribution >= 4 is 17.6 Å². The second-order valence-electron chi connectivity index (χ2n) is 3.62. The maximum atomic E-state index is 13.6. The van der Waals surface area contributed by atoms with E-state index in [1.165, 1.54) is 17.0 Å². The molecule has 0 spiro atoms. The molecule has 0 atom stereocenters. The number of amidine groups is 1. The molecule has 1 rings (SSSR count). The Labute approximate surface area is 104 Å². The molecule has 98 valence electrons. The minimum Gasteiger partial charge on any atom is -0.409 e. The molecule has 0 aliphatic carbocycles. The van der Waals surface area contributed by atoms with Crippen molar-refractivity contribution in [1.29, 1.82) is 0 Å². The quantitative estimate of drug-likeness (QED) is 0.329. The normalized spacial score (nSPS) is 11.2. The van der Waals surface area contributed by atoms with Crippen LogP contribution in [0.4, 0.5) is 14.9 Å². The maximum Gasteiger partial charge on any atom is 0.321 e. The van der Waals surface area contributed by atoms with E-state index in [1.807, 2.05) is 0 Å². The topological polar surface area (TPSA) is 91.0 Å². The molecule has 0 aliphatic heterocycles. The summed E-state index contributed by atoms with van der Waals surface area (Å²) in [6.45, 7) is 2.31. The Kier molecular flexibility index (Phi) is 4.47. The number of nitrogens with one attached hydrogen (secondary N) is 1. The molecule has 1 aromatic rings. The number of carbonyl (C=O) groups excluding carboxylic acids is 1. The monoisotopic (exact) mass is 254 g/mol. The van der Waals surface area contributed by atoms with Crippen LogP contribution in [0.15, 0.2) is 23.4 Å². The summed E-state index contributed by atoms with van der Waals surface area (Å²) in [4.78, 5) is 12.9. The van der Waals surface area contributed by atoms with Crippen LogP contribution in [0.1, 0.15) is 12.5 Å². The van der Waals surface area contributed by atoms with Crippen molar-refractivity contribution in [2.75, 3.05) is 18.9 Å². The van der Waals surface area contributed by atoms with Crippen molar-refractivity contribution < 1.29 is 14.4 Å². The van der Waals surface area contributed by atoms with Gasteiger partial charge < -0.3 is 21.2 Å². The smallest absolute Gasteiger partial charge is 0.321 e. The highest BCUT2D eigenvalue weighted by Gasteiger charge is 2.11. The first-order chi connectivity index (χ1) is 8.49. The predicted molar refractivity (Wildman–Crippen MR) is 66.2 cm³/mol. The highest BCUT2D eigenvalue weighted by Crippen LogP contribution is 2.16. The van der Waals surface area contributed by atoms with Crippen LogP contribution in [0.2, 0.25) is 0 Å². The number of hydrogen-bond acceptors (Lipinski definition) is 3. The number of anilines is 1. The number of halogens is 1. The zero-order chi connectivity index (χ0) is 13.7. The third-order valence-corrected chi connectivity index (χ3v) is 2.44. The fourth-order valence-corrected chi connectivity index (χ4v) is 1.19. The highest BCUT2D eigenvalue weighted by molar-refractivity contribution is 5.98. The third kappa shape index (κ3) is 3.09. The number of nitrogens with two attached hydrogens (primary N) is 1. The average Bonchev–Trinajstić information content (AvgIpc) is 2.38. The van der Waals surface area contributed by atoms with Crippen LogP contribution in [-0.4, -0.2) is 35.6 Å². The van der Waals surface area contributed by atoms with Crippen molar-refractivity contribution in [2.24, 2.45) is 10.9 Å². The van der Waals surface area contributed by atoms with Gasteiger partial charge in [-0.15, -0.1) is 0 Å². The number of nitrogens with zero attached hydrogens (tertiary/aromatic N) is 2. The largest absolute Gasteiger partial charge is 0.409 e. The van der Waals surface area contributed by atoms with Crippen LogP contribution in [-0.2, 0) is 0 Å². The number of rotatable bonds is 3. The van der Waals surface area contributed by atoms with Crippen LogP contribution >= 0.6 is 0 Å². The molecule has 0 radical (unpaired) electrons. The van der Waals surface area contributed by atoms with E-state index in [-0.39, 0.29) is 17.1 Å². The van der Waals surface area contributed by atoms with E-state index in [0.29, 0.717) is 6.54 Å². The summed E-state index contributed by atoms with van der Waals surface area (Å²) in [5, 5.41) is 13.6. The molecule has 0 unspecified atom stereocenters. The standard InChI is InChI=1S/C11H15FN4O2/c1-3-16(2)11(17)14-9-5-4-7(6-8(9)12)10(13)15-18/h4-6,18H,3H2,1-2H3,(H2,13,15)(H,14,17). The minimum atomic E-state index is -0.656. The van der Waals surface area contributed by atoms with E-state index in [4.69, 9.17) is 10.9 Å². The Hall–Kier alpha value is -2.31. The molecule has 0 aromatic heterocycles. The van der Waals surface area contributed by atoms with Gasteiger partial charge in [0.15, 0.2) is 5.84 Å². The summed E-state index contributed by atoms with van der Waals surface area (Å²) < 4.78 is 13.6.